The van der Waals surface area contributed by atoms with Crippen LogP contribution in [0.5, 0.6) is 0 Å². The second-order valence-corrected chi connectivity index (χ2v) is 19.7. The van der Waals surface area contributed by atoms with Gasteiger partial charge in [0.15, 0.2) is 34.9 Å². The lowest BCUT2D eigenvalue weighted by molar-refractivity contribution is -0.138. The van der Waals surface area contributed by atoms with Crippen LogP contribution in [-0.2, 0) is 12.4 Å². The molecule has 14 rings (SSSR count). The second-order valence-electron chi connectivity index (χ2n) is 19.7. The third-order valence-corrected chi connectivity index (χ3v) is 14.6. The summed E-state index contributed by atoms with van der Waals surface area (Å²) in [5.41, 5.74) is 2.93. The van der Waals surface area contributed by atoms with Gasteiger partial charge in [0, 0.05) is 54.9 Å². The van der Waals surface area contributed by atoms with Crippen molar-refractivity contribution in [3.63, 3.8) is 0 Å². The van der Waals surface area contributed by atoms with Crippen molar-refractivity contribution in [2.24, 2.45) is 0 Å². The summed E-state index contributed by atoms with van der Waals surface area (Å²) in [6, 6.07) is 70.1. The molecule has 0 unspecified atom stereocenters. The zero-order valence-corrected chi connectivity index (χ0v) is 42.9. The van der Waals surface area contributed by atoms with E-state index in [1.165, 1.54) is 24.3 Å². The quantitative estimate of drug-likeness (QED) is 0.134. The number of alkyl halides is 6. The summed E-state index contributed by atoms with van der Waals surface area (Å²) in [7, 11) is 0. The molecule has 0 amide bonds. The molecule has 0 saturated heterocycles. The molecule has 0 radical (unpaired) electrons. The van der Waals surface area contributed by atoms with Crippen molar-refractivity contribution < 1.29 is 26.3 Å². The standard InChI is InChI=1S/C68H40F6N8/c69-67(70,71)49-27-17-26-45(36-49)48-39-58(81-54-30-15-13-28-50(54)52-34-32-46(37-56(52)81)65-77-61(41-18-5-1-6-19-41)75-62(78-65)42-20-7-2-8-21-42)60(68(72,73)74)59(40-48)82-55-31-16-14-29-51(55)53-35-33-47(38-57(53)82)66-79-63(43-22-9-3-10-23-43)76-64(80-66)44-24-11-4-12-25-44/h1-40H. The monoisotopic (exact) mass is 1080 g/mol. The lowest BCUT2D eigenvalue weighted by Gasteiger charge is -2.23. The largest absolute Gasteiger partial charge is 0.420 e. The van der Waals surface area contributed by atoms with Crippen LogP contribution in [0.3, 0.4) is 0 Å². The Labute approximate surface area is 464 Å². The first kappa shape index (κ1) is 49.7. The van der Waals surface area contributed by atoms with E-state index in [2.05, 4.69) is 0 Å². The maximum Gasteiger partial charge on any atom is 0.420 e. The van der Waals surface area contributed by atoms with Gasteiger partial charge in [-0.2, -0.15) is 26.3 Å². The fourth-order valence-corrected chi connectivity index (χ4v) is 10.9. The highest BCUT2D eigenvalue weighted by molar-refractivity contribution is 6.12. The van der Waals surface area contributed by atoms with Crippen LogP contribution in [0.15, 0.2) is 243 Å². The second kappa shape index (κ2) is 19.6. The molecular formula is C68H40F6N8. The van der Waals surface area contributed by atoms with Crippen molar-refractivity contribution in [2.45, 2.75) is 12.4 Å². The molecule has 0 aliphatic carbocycles. The number of fused-ring (bicyclic) bond motifs is 6. The minimum atomic E-state index is -5.09. The molecule has 0 N–H and O–H groups in total. The van der Waals surface area contributed by atoms with Crippen LogP contribution >= 0.6 is 0 Å². The fourth-order valence-electron chi connectivity index (χ4n) is 10.9. The van der Waals surface area contributed by atoms with E-state index in [1.54, 1.807) is 45.5 Å². The predicted molar refractivity (Wildman–Crippen MR) is 310 cm³/mol. The van der Waals surface area contributed by atoms with Crippen LogP contribution in [0.1, 0.15) is 11.1 Å². The number of nitrogens with zero attached hydrogens (tertiary/aromatic N) is 8. The van der Waals surface area contributed by atoms with Crippen LogP contribution in [0, 0.1) is 0 Å². The minimum absolute atomic E-state index is 0.0492. The van der Waals surface area contributed by atoms with Gasteiger partial charge in [-0.25, -0.2) is 29.9 Å². The Balaban J connectivity index is 1.06. The van der Waals surface area contributed by atoms with Gasteiger partial charge in [0.05, 0.1) is 39.0 Å². The maximum absolute atomic E-state index is 17.1. The number of halogens is 6. The van der Waals surface area contributed by atoms with Crippen molar-refractivity contribution in [1.29, 1.82) is 0 Å². The molecule has 0 fully saturated rings. The number of hydrogen-bond donors (Lipinski definition) is 0. The highest BCUT2D eigenvalue weighted by Gasteiger charge is 2.40. The number of benzene rings is 10. The van der Waals surface area contributed by atoms with E-state index in [1.807, 2.05) is 170 Å². The first-order valence-corrected chi connectivity index (χ1v) is 26.2. The van der Waals surface area contributed by atoms with Gasteiger partial charge in [0.2, 0.25) is 0 Å². The molecule has 4 aromatic heterocycles. The number of rotatable bonds is 9. The van der Waals surface area contributed by atoms with Crippen LogP contribution in [0.2, 0.25) is 0 Å². The topological polar surface area (TPSA) is 87.2 Å². The summed E-state index contributed by atoms with van der Waals surface area (Å²) in [6.07, 6.45) is -9.85. The van der Waals surface area contributed by atoms with E-state index in [0.29, 0.717) is 78.0 Å². The molecule has 0 bridgehead atoms. The molecule has 14 heteroatoms. The molecule has 394 valence electrons. The van der Waals surface area contributed by atoms with E-state index in [-0.39, 0.29) is 34.2 Å². The molecule has 14 aromatic rings. The maximum atomic E-state index is 17.1. The van der Waals surface area contributed by atoms with Crippen LogP contribution < -0.4 is 0 Å². The van der Waals surface area contributed by atoms with Crippen LogP contribution in [0.25, 0.3) is 134 Å². The minimum Gasteiger partial charge on any atom is -0.309 e. The first-order chi connectivity index (χ1) is 39.9. The lowest BCUT2D eigenvalue weighted by Crippen LogP contribution is -2.16. The highest BCUT2D eigenvalue weighted by Crippen LogP contribution is 2.47. The average Bonchev–Trinajstić information content (AvgIpc) is 3.37. The molecule has 82 heavy (non-hydrogen) atoms. The molecule has 4 heterocycles. The van der Waals surface area contributed by atoms with E-state index >= 15 is 13.2 Å². The Kier molecular flexibility index (Phi) is 11.9. The fraction of sp³-hybridized carbons (Fsp3) is 0.0294. The first-order valence-electron chi connectivity index (χ1n) is 26.2. The third kappa shape index (κ3) is 8.86. The summed E-state index contributed by atoms with van der Waals surface area (Å²) in [5.74, 6) is 2.10. The molecule has 8 nitrogen and oxygen atoms in total. The SMILES string of the molecule is FC(F)(F)c1cccc(-c2cc(-n3c4ccccc4c4ccc(-c5nc(-c6ccccc6)nc(-c6ccccc6)n5)cc43)c(C(F)(F)F)c(-n3c4ccccc4c4ccc(-c5nc(-c6ccccc6)nc(-c6ccccc6)n5)cc43)c2)c1. The van der Waals surface area contributed by atoms with Crippen molar-refractivity contribution in [3.05, 3.63) is 254 Å². The van der Waals surface area contributed by atoms with Gasteiger partial charge >= 0.3 is 12.4 Å². The van der Waals surface area contributed by atoms with Gasteiger partial charge in [-0.05, 0) is 59.7 Å². The summed E-state index contributed by atoms with van der Waals surface area (Å²) < 4.78 is 98.5. The summed E-state index contributed by atoms with van der Waals surface area (Å²) in [6.45, 7) is 0. The Bertz CT molecular complexity index is 4390. The molecule has 10 aromatic carbocycles. The molecule has 0 saturated carbocycles. The zero-order valence-electron chi connectivity index (χ0n) is 42.9. The van der Waals surface area contributed by atoms with Crippen molar-refractivity contribution in [1.82, 2.24) is 39.0 Å². The predicted octanol–water partition coefficient (Wildman–Crippen LogP) is 18.0. The third-order valence-electron chi connectivity index (χ3n) is 14.6. The van der Waals surface area contributed by atoms with E-state index < -0.39 is 23.5 Å². The smallest absolute Gasteiger partial charge is 0.309 e. The molecule has 0 atom stereocenters. The summed E-state index contributed by atoms with van der Waals surface area (Å²) in [5, 5.41) is 2.50. The van der Waals surface area contributed by atoms with Crippen LogP contribution in [0.4, 0.5) is 26.3 Å². The normalized spacial score (nSPS) is 12.0. The van der Waals surface area contributed by atoms with Crippen molar-refractivity contribution in [2.75, 3.05) is 0 Å². The van der Waals surface area contributed by atoms with E-state index in [0.717, 1.165) is 34.4 Å². The Morgan fingerprint density at radius 2 is 0.573 bits per heavy atom. The number of hydrogen-bond acceptors (Lipinski definition) is 6. The molecule has 0 aliphatic rings. The van der Waals surface area contributed by atoms with Gasteiger partial charge < -0.3 is 9.13 Å². The van der Waals surface area contributed by atoms with Crippen LogP contribution in [-0.4, -0.2) is 39.0 Å². The number of aromatic nitrogens is 8. The molecule has 0 spiro atoms. The Morgan fingerprint density at radius 3 is 0.939 bits per heavy atom. The Hall–Kier alpha value is -10.6. The van der Waals surface area contributed by atoms with Crippen molar-refractivity contribution >= 4 is 43.6 Å². The Morgan fingerprint density at radius 1 is 0.244 bits per heavy atom. The molecular weight excluding hydrogens is 1040 g/mol. The van der Waals surface area contributed by atoms with Gasteiger partial charge in [-0.15, -0.1) is 0 Å². The lowest BCUT2D eigenvalue weighted by atomic mass is 9.97. The van der Waals surface area contributed by atoms with Gasteiger partial charge in [-0.3, -0.25) is 0 Å². The van der Waals surface area contributed by atoms with Gasteiger partial charge in [0.1, 0.15) is 5.56 Å². The highest BCUT2D eigenvalue weighted by atomic mass is 19.4. The van der Waals surface area contributed by atoms with E-state index in [4.69, 9.17) is 29.9 Å². The summed E-state index contributed by atoms with van der Waals surface area (Å²) in [4.78, 5) is 29.5. The van der Waals surface area contributed by atoms with E-state index in [9.17, 15) is 13.2 Å². The average molecular weight is 1080 g/mol. The van der Waals surface area contributed by atoms with Gasteiger partial charge in [0.25, 0.3) is 0 Å². The van der Waals surface area contributed by atoms with Crippen molar-refractivity contribution in [3.8, 4) is 90.8 Å². The molecule has 0 aliphatic heterocycles. The number of para-hydroxylation sites is 2. The van der Waals surface area contributed by atoms with Gasteiger partial charge in [-0.1, -0.05) is 194 Å². The zero-order chi connectivity index (χ0) is 55.7. The summed E-state index contributed by atoms with van der Waals surface area (Å²) >= 11 is 0.